The highest BCUT2D eigenvalue weighted by molar-refractivity contribution is 5.87. The van der Waals surface area contributed by atoms with Crippen molar-refractivity contribution in [2.45, 2.75) is 19.3 Å². The topological polar surface area (TPSA) is 6.48 Å². The van der Waals surface area contributed by atoms with Gasteiger partial charge in [0.15, 0.2) is 0 Å². The highest BCUT2D eigenvalue weighted by Gasteiger charge is 2.36. The summed E-state index contributed by atoms with van der Waals surface area (Å²) in [5.74, 6) is 0. The minimum absolute atomic E-state index is 0.134. The Labute approximate surface area is 312 Å². The van der Waals surface area contributed by atoms with Crippen LogP contribution in [0.25, 0.3) is 33.4 Å². The van der Waals surface area contributed by atoms with Crippen molar-refractivity contribution in [3.63, 3.8) is 0 Å². The lowest BCUT2D eigenvalue weighted by atomic mass is 9.81. The van der Waals surface area contributed by atoms with Crippen molar-refractivity contribution in [2.24, 2.45) is 0 Å². The van der Waals surface area contributed by atoms with Gasteiger partial charge < -0.3 is 9.80 Å². The molecule has 8 aromatic rings. The number of fused-ring (bicyclic) bond motifs is 3. The van der Waals surface area contributed by atoms with Gasteiger partial charge in [-0.05, 0) is 129 Å². The predicted octanol–water partition coefficient (Wildman–Crippen LogP) is 14.3. The van der Waals surface area contributed by atoms with Gasteiger partial charge in [-0.25, -0.2) is 0 Å². The van der Waals surface area contributed by atoms with Crippen LogP contribution in [0.2, 0.25) is 0 Å². The van der Waals surface area contributed by atoms with Gasteiger partial charge in [0.25, 0.3) is 0 Å². The van der Waals surface area contributed by atoms with Crippen molar-refractivity contribution >= 4 is 34.1 Å². The SMILES string of the molecule is CC1(C)c2cc(-c3ccc(N(c4ccccc4)c4ccccc4)cc3)ccc2-c2ccc(-c3ccc(N(c4ccccc4)c4ccccc4)cc3)cc21. The maximum Gasteiger partial charge on any atom is 0.0462 e. The average molecular weight is 681 g/mol. The maximum absolute atomic E-state index is 2.41. The standard InChI is InChI=1S/C51H40N2/c1-51(2)49-35-39(37-23-29-45(30-24-37)52(41-15-7-3-8-16-41)42-17-9-4-10-18-42)27-33-47(49)48-34-28-40(36-50(48)51)38-25-31-46(32-26-38)53(43-19-11-5-12-20-43)44-21-13-6-14-22-44/h3-36H,1-2H3. The third kappa shape index (κ3) is 5.99. The molecule has 254 valence electrons. The van der Waals surface area contributed by atoms with E-state index in [4.69, 9.17) is 0 Å². The van der Waals surface area contributed by atoms with Crippen LogP contribution in [0.4, 0.5) is 34.1 Å². The summed E-state index contributed by atoms with van der Waals surface area (Å²) in [4.78, 5) is 4.61. The third-order valence-corrected chi connectivity index (χ3v) is 10.7. The molecule has 0 bridgehead atoms. The number of para-hydroxylation sites is 4. The second kappa shape index (κ2) is 13.5. The summed E-state index contributed by atoms with van der Waals surface area (Å²) in [6, 6.07) is 74.3. The Balaban J connectivity index is 1.00. The molecule has 0 amide bonds. The van der Waals surface area contributed by atoms with Crippen LogP contribution in [-0.4, -0.2) is 0 Å². The molecule has 0 saturated carbocycles. The van der Waals surface area contributed by atoms with Crippen molar-refractivity contribution in [1.29, 1.82) is 0 Å². The zero-order valence-corrected chi connectivity index (χ0v) is 30.0. The summed E-state index contributed by atoms with van der Waals surface area (Å²) >= 11 is 0. The molecule has 1 aliphatic rings. The van der Waals surface area contributed by atoms with Crippen molar-refractivity contribution in [2.75, 3.05) is 9.80 Å². The first-order chi connectivity index (χ1) is 26.0. The van der Waals surface area contributed by atoms with Gasteiger partial charge >= 0.3 is 0 Å². The fraction of sp³-hybridized carbons (Fsp3) is 0.0588. The fourth-order valence-corrected chi connectivity index (χ4v) is 7.91. The molecule has 0 radical (unpaired) electrons. The monoisotopic (exact) mass is 680 g/mol. The van der Waals surface area contributed by atoms with Gasteiger partial charge in [-0.15, -0.1) is 0 Å². The van der Waals surface area contributed by atoms with E-state index in [1.165, 1.54) is 44.5 Å². The Morgan fingerprint density at radius 2 is 0.547 bits per heavy atom. The van der Waals surface area contributed by atoms with Crippen LogP contribution in [0.1, 0.15) is 25.0 Å². The summed E-state index contributed by atoms with van der Waals surface area (Å²) in [6.45, 7) is 4.74. The van der Waals surface area contributed by atoms with Crippen LogP contribution < -0.4 is 9.80 Å². The van der Waals surface area contributed by atoms with Crippen LogP contribution in [0.15, 0.2) is 206 Å². The Kier molecular flexibility index (Phi) is 8.21. The summed E-state index contributed by atoms with van der Waals surface area (Å²) in [6.07, 6.45) is 0. The number of hydrogen-bond acceptors (Lipinski definition) is 2. The normalized spacial score (nSPS) is 12.5. The molecule has 0 N–H and O–H groups in total. The fourth-order valence-electron chi connectivity index (χ4n) is 7.91. The van der Waals surface area contributed by atoms with E-state index in [-0.39, 0.29) is 5.41 Å². The average Bonchev–Trinajstić information content (AvgIpc) is 3.45. The second-order valence-corrected chi connectivity index (χ2v) is 14.3. The number of hydrogen-bond donors (Lipinski definition) is 0. The first-order valence-corrected chi connectivity index (χ1v) is 18.4. The molecule has 0 unspecified atom stereocenters. The molecule has 53 heavy (non-hydrogen) atoms. The zero-order chi connectivity index (χ0) is 35.8. The zero-order valence-electron chi connectivity index (χ0n) is 30.0. The molecule has 0 saturated heterocycles. The molecule has 0 aliphatic heterocycles. The Bertz CT molecular complexity index is 2230. The molecule has 0 spiro atoms. The molecule has 0 fully saturated rings. The van der Waals surface area contributed by atoms with E-state index in [2.05, 4.69) is 230 Å². The van der Waals surface area contributed by atoms with Crippen molar-refractivity contribution in [3.05, 3.63) is 217 Å². The number of nitrogens with zero attached hydrogens (tertiary/aromatic N) is 2. The lowest BCUT2D eigenvalue weighted by Gasteiger charge is -2.26. The molecule has 8 aromatic carbocycles. The van der Waals surface area contributed by atoms with Crippen molar-refractivity contribution in [1.82, 2.24) is 0 Å². The largest absolute Gasteiger partial charge is 0.311 e. The van der Waals surface area contributed by atoms with Crippen LogP contribution in [0, 0.1) is 0 Å². The molecule has 0 aromatic heterocycles. The lowest BCUT2D eigenvalue weighted by molar-refractivity contribution is 0.661. The number of anilines is 6. The first-order valence-electron chi connectivity index (χ1n) is 18.4. The van der Waals surface area contributed by atoms with Crippen LogP contribution >= 0.6 is 0 Å². The van der Waals surface area contributed by atoms with Crippen LogP contribution in [0.5, 0.6) is 0 Å². The minimum atomic E-state index is -0.134. The first kappa shape index (κ1) is 32.3. The van der Waals surface area contributed by atoms with E-state index >= 15 is 0 Å². The quantitative estimate of drug-likeness (QED) is 0.158. The minimum Gasteiger partial charge on any atom is -0.311 e. The smallest absolute Gasteiger partial charge is 0.0462 e. The van der Waals surface area contributed by atoms with Gasteiger partial charge in [0.1, 0.15) is 0 Å². The molecule has 2 nitrogen and oxygen atoms in total. The van der Waals surface area contributed by atoms with Gasteiger partial charge in [0, 0.05) is 39.5 Å². The van der Waals surface area contributed by atoms with E-state index < -0.39 is 0 Å². The summed E-state index contributed by atoms with van der Waals surface area (Å²) in [5, 5.41) is 0. The third-order valence-electron chi connectivity index (χ3n) is 10.7. The summed E-state index contributed by atoms with van der Waals surface area (Å²) in [5.41, 5.74) is 17.0. The van der Waals surface area contributed by atoms with E-state index in [1.54, 1.807) is 0 Å². The van der Waals surface area contributed by atoms with Gasteiger partial charge in [-0.2, -0.15) is 0 Å². The lowest BCUT2D eigenvalue weighted by Crippen LogP contribution is -2.15. The van der Waals surface area contributed by atoms with Crippen molar-refractivity contribution < 1.29 is 0 Å². The van der Waals surface area contributed by atoms with Crippen LogP contribution in [0.3, 0.4) is 0 Å². The predicted molar refractivity (Wildman–Crippen MR) is 224 cm³/mol. The van der Waals surface area contributed by atoms with Gasteiger partial charge in [-0.1, -0.05) is 135 Å². The van der Waals surface area contributed by atoms with E-state index in [0.717, 1.165) is 34.1 Å². The second-order valence-electron chi connectivity index (χ2n) is 14.3. The molecule has 2 heteroatoms. The van der Waals surface area contributed by atoms with E-state index in [0.29, 0.717) is 0 Å². The van der Waals surface area contributed by atoms with Gasteiger partial charge in [-0.3, -0.25) is 0 Å². The van der Waals surface area contributed by atoms with E-state index in [9.17, 15) is 0 Å². The van der Waals surface area contributed by atoms with Crippen molar-refractivity contribution in [3.8, 4) is 33.4 Å². The Morgan fingerprint density at radius 3 is 0.849 bits per heavy atom. The molecule has 1 aliphatic carbocycles. The summed E-state index contributed by atoms with van der Waals surface area (Å²) in [7, 11) is 0. The van der Waals surface area contributed by atoms with Gasteiger partial charge in [0.05, 0.1) is 0 Å². The molecule has 9 rings (SSSR count). The molecular weight excluding hydrogens is 641 g/mol. The van der Waals surface area contributed by atoms with E-state index in [1.807, 2.05) is 0 Å². The summed E-state index contributed by atoms with van der Waals surface area (Å²) < 4.78 is 0. The van der Waals surface area contributed by atoms with Crippen LogP contribution in [-0.2, 0) is 5.41 Å². The Hall–Kier alpha value is -6.64. The highest BCUT2D eigenvalue weighted by Crippen LogP contribution is 2.51. The molecule has 0 heterocycles. The van der Waals surface area contributed by atoms with Gasteiger partial charge in [0.2, 0.25) is 0 Å². The molecule has 0 atom stereocenters. The highest BCUT2D eigenvalue weighted by atomic mass is 15.1. The maximum atomic E-state index is 2.41. The molecular formula is C51H40N2. The number of benzene rings is 8. The number of rotatable bonds is 8. The Morgan fingerprint density at radius 1 is 0.283 bits per heavy atom.